The average Bonchev–Trinajstić information content (AvgIpc) is 2.84. The van der Waals surface area contributed by atoms with E-state index < -0.39 is 11.7 Å². The van der Waals surface area contributed by atoms with Crippen LogP contribution in [0.3, 0.4) is 0 Å². The Morgan fingerprint density at radius 1 is 1.22 bits per heavy atom. The quantitative estimate of drug-likeness (QED) is 0.788. The Balaban J connectivity index is 1.67. The molecule has 1 saturated carbocycles. The van der Waals surface area contributed by atoms with Crippen LogP contribution in [0.2, 0.25) is 0 Å². The van der Waals surface area contributed by atoms with Crippen LogP contribution in [0, 0.1) is 0 Å². The number of nitrogens with one attached hydrogen (secondary N) is 2. The van der Waals surface area contributed by atoms with Gasteiger partial charge in [0.25, 0.3) is 0 Å². The number of hydrogen-bond acceptors (Lipinski definition) is 3. The van der Waals surface area contributed by atoms with Crippen LogP contribution in [-0.2, 0) is 6.18 Å². The molecule has 0 amide bonds. The van der Waals surface area contributed by atoms with E-state index in [1.54, 1.807) is 6.20 Å². The van der Waals surface area contributed by atoms with Gasteiger partial charge in [-0.2, -0.15) is 13.2 Å². The van der Waals surface area contributed by atoms with Gasteiger partial charge in [0.1, 0.15) is 5.76 Å². The lowest BCUT2D eigenvalue weighted by atomic mass is 9.84. The Morgan fingerprint density at radius 2 is 1.96 bits per heavy atom. The normalized spacial score (nSPS) is 15.1. The predicted molar refractivity (Wildman–Crippen MR) is 84.4 cm³/mol. The highest BCUT2D eigenvalue weighted by Crippen LogP contribution is 2.37. The molecule has 2 aromatic rings. The standard InChI is InChI=1S/C15H14F3N3OS/c16-15(17,18)10-6-1-2-7-11(10)20-14(23)21-13-19-8-12(22-13)9-4-3-5-9/h1-2,6-9H,3-5H2,(H2,19,20,21,23). The number of hydrogen-bond donors (Lipinski definition) is 2. The Morgan fingerprint density at radius 3 is 2.61 bits per heavy atom. The number of halogens is 3. The van der Waals surface area contributed by atoms with Crippen molar-refractivity contribution >= 4 is 29.0 Å². The number of thiocarbonyl (C=S) groups is 1. The highest BCUT2D eigenvalue weighted by Gasteiger charge is 2.33. The average molecular weight is 341 g/mol. The molecular weight excluding hydrogens is 327 g/mol. The van der Waals surface area contributed by atoms with Crippen molar-refractivity contribution in [3.63, 3.8) is 0 Å². The summed E-state index contributed by atoms with van der Waals surface area (Å²) in [4.78, 5) is 4.04. The van der Waals surface area contributed by atoms with Crippen molar-refractivity contribution < 1.29 is 17.6 Å². The molecule has 1 aliphatic carbocycles. The first-order valence-electron chi connectivity index (χ1n) is 7.13. The summed E-state index contributed by atoms with van der Waals surface area (Å²) in [7, 11) is 0. The molecule has 1 fully saturated rings. The molecule has 8 heteroatoms. The Labute approximate surface area is 136 Å². The lowest BCUT2D eigenvalue weighted by Crippen LogP contribution is -2.21. The van der Waals surface area contributed by atoms with Gasteiger partial charge in [0.2, 0.25) is 0 Å². The summed E-state index contributed by atoms with van der Waals surface area (Å²) in [5.74, 6) is 1.16. The topological polar surface area (TPSA) is 50.1 Å². The lowest BCUT2D eigenvalue weighted by molar-refractivity contribution is -0.136. The Hall–Kier alpha value is -2.09. The van der Waals surface area contributed by atoms with Gasteiger partial charge < -0.3 is 9.73 Å². The van der Waals surface area contributed by atoms with E-state index in [9.17, 15) is 13.2 Å². The van der Waals surface area contributed by atoms with Crippen molar-refractivity contribution in [3.05, 3.63) is 41.8 Å². The molecule has 1 aliphatic rings. The maximum atomic E-state index is 12.9. The fourth-order valence-electron chi connectivity index (χ4n) is 2.32. The Kier molecular flexibility index (Phi) is 4.25. The number of aromatic nitrogens is 1. The minimum atomic E-state index is -4.46. The molecule has 0 unspecified atom stereocenters. The van der Waals surface area contributed by atoms with Gasteiger partial charge in [-0.25, -0.2) is 4.98 Å². The van der Waals surface area contributed by atoms with E-state index in [1.807, 2.05) is 0 Å². The number of anilines is 2. The molecule has 4 nitrogen and oxygen atoms in total. The summed E-state index contributed by atoms with van der Waals surface area (Å²) >= 11 is 5.03. The van der Waals surface area contributed by atoms with E-state index in [1.165, 1.54) is 24.6 Å². The lowest BCUT2D eigenvalue weighted by Gasteiger charge is -2.22. The maximum Gasteiger partial charge on any atom is 0.418 e. The molecule has 2 N–H and O–H groups in total. The van der Waals surface area contributed by atoms with Crippen molar-refractivity contribution in [2.24, 2.45) is 0 Å². The SMILES string of the molecule is FC(F)(F)c1ccccc1NC(=S)Nc1ncc(C2CCC2)o1. The van der Waals surface area contributed by atoms with Crippen molar-refractivity contribution in [2.45, 2.75) is 31.4 Å². The predicted octanol–water partition coefficient (Wildman–Crippen LogP) is 4.77. The smallest absolute Gasteiger partial charge is 0.418 e. The second-order valence-electron chi connectivity index (χ2n) is 5.32. The summed E-state index contributed by atoms with van der Waals surface area (Å²) in [5.41, 5.74) is -0.907. The van der Waals surface area contributed by atoms with E-state index in [2.05, 4.69) is 15.6 Å². The first kappa shape index (κ1) is 15.8. The van der Waals surface area contributed by atoms with Crippen LogP contribution in [0.1, 0.15) is 36.5 Å². The molecule has 0 atom stereocenters. The van der Waals surface area contributed by atoms with Gasteiger partial charge in [-0.3, -0.25) is 5.32 Å². The Bertz CT molecular complexity index is 710. The third kappa shape index (κ3) is 3.64. The van der Waals surface area contributed by atoms with Gasteiger partial charge in [0.15, 0.2) is 5.11 Å². The van der Waals surface area contributed by atoms with Crippen molar-refractivity contribution in [1.29, 1.82) is 0 Å². The van der Waals surface area contributed by atoms with E-state index in [0.29, 0.717) is 5.92 Å². The van der Waals surface area contributed by atoms with Crippen LogP contribution < -0.4 is 10.6 Å². The highest BCUT2D eigenvalue weighted by atomic mass is 32.1. The fraction of sp³-hybridized carbons (Fsp3) is 0.333. The van der Waals surface area contributed by atoms with Gasteiger partial charge in [-0.05, 0) is 37.2 Å². The van der Waals surface area contributed by atoms with Crippen LogP contribution in [0.15, 0.2) is 34.9 Å². The third-order valence-electron chi connectivity index (χ3n) is 3.73. The highest BCUT2D eigenvalue weighted by molar-refractivity contribution is 7.80. The van der Waals surface area contributed by atoms with Crippen molar-refractivity contribution in [2.75, 3.05) is 10.6 Å². The molecule has 0 spiro atoms. The summed E-state index contributed by atoms with van der Waals surface area (Å²) in [5, 5.41) is 5.19. The number of nitrogens with zero attached hydrogens (tertiary/aromatic N) is 1. The molecule has 3 rings (SSSR count). The van der Waals surface area contributed by atoms with E-state index >= 15 is 0 Å². The van der Waals surface area contributed by atoms with Crippen LogP contribution >= 0.6 is 12.2 Å². The summed E-state index contributed by atoms with van der Waals surface area (Å²) in [6.07, 6.45) is 0.465. The van der Waals surface area contributed by atoms with Gasteiger partial charge in [0.05, 0.1) is 17.4 Å². The molecular formula is C15H14F3N3OS. The van der Waals surface area contributed by atoms with Crippen molar-refractivity contribution in [3.8, 4) is 0 Å². The molecule has 0 aliphatic heterocycles. The van der Waals surface area contributed by atoms with Crippen LogP contribution in [0.25, 0.3) is 0 Å². The largest absolute Gasteiger partial charge is 0.428 e. The number of alkyl halides is 3. The molecule has 0 bridgehead atoms. The number of para-hydroxylation sites is 1. The number of benzene rings is 1. The molecule has 1 aromatic heterocycles. The van der Waals surface area contributed by atoms with Crippen LogP contribution in [-0.4, -0.2) is 10.1 Å². The van der Waals surface area contributed by atoms with E-state index in [-0.39, 0.29) is 16.8 Å². The zero-order chi connectivity index (χ0) is 16.4. The molecule has 122 valence electrons. The van der Waals surface area contributed by atoms with Crippen LogP contribution in [0.5, 0.6) is 0 Å². The van der Waals surface area contributed by atoms with E-state index in [4.69, 9.17) is 16.6 Å². The summed E-state index contributed by atoms with van der Waals surface area (Å²) in [6, 6.07) is 5.30. The summed E-state index contributed by atoms with van der Waals surface area (Å²) < 4.78 is 44.3. The molecule has 1 aromatic carbocycles. The third-order valence-corrected chi connectivity index (χ3v) is 3.94. The van der Waals surface area contributed by atoms with Gasteiger partial charge in [-0.1, -0.05) is 18.6 Å². The van der Waals surface area contributed by atoms with Gasteiger partial charge in [0, 0.05) is 5.92 Å². The first-order valence-corrected chi connectivity index (χ1v) is 7.54. The zero-order valence-electron chi connectivity index (χ0n) is 12.0. The molecule has 1 heterocycles. The second-order valence-corrected chi connectivity index (χ2v) is 5.73. The fourth-order valence-corrected chi connectivity index (χ4v) is 2.51. The van der Waals surface area contributed by atoms with Gasteiger partial charge >= 0.3 is 12.2 Å². The number of oxazole rings is 1. The summed E-state index contributed by atoms with van der Waals surface area (Å²) in [6.45, 7) is 0. The molecule has 23 heavy (non-hydrogen) atoms. The molecule has 0 radical (unpaired) electrons. The van der Waals surface area contributed by atoms with Crippen LogP contribution in [0.4, 0.5) is 24.9 Å². The minimum Gasteiger partial charge on any atom is -0.428 e. The molecule has 0 saturated heterocycles. The van der Waals surface area contributed by atoms with Crippen molar-refractivity contribution in [1.82, 2.24) is 4.98 Å². The number of rotatable bonds is 3. The maximum absolute atomic E-state index is 12.9. The first-order chi connectivity index (χ1) is 10.9. The monoisotopic (exact) mass is 341 g/mol. The second kappa shape index (κ2) is 6.19. The van der Waals surface area contributed by atoms with Gasteiger partial charge in [-0.15, -0.1) is 0 Å². The van der Waals surface area contributed by atoms with E-state index in [0.717, 1.165) is 24.7 Å². The zero-order valence-corrected chi connectivity index (χ0v) is 12.8. The minimum absolute atomic E-state index is 0.0105.